The number of hydrogen-bond donors (Lipinski definition) is 0. The van der Waals surface area contributed by atoms with Gasteiger partial charge in [-0.15, -0.1) is 0 Å². The highest BCUT2D eigenvalue weighted by Gasteiger charge is 2.19. The fraction of sp³-hybridized carbons (Fsp3) is 0.364. The lowest BCUT2D eigenvalue weighted by atomic mass is 10.2. The van der Waals surface area contributed by atoms with E-state index in [4.69, 9.17) is 5.26 Å². The van der Waals surface area contributed by atoms with Gasteiger partial charge in [-0.05, 0) is 12.1 Å². The number of halogens is 2. The number of anilines is 1. The lowest BCUT2D eigenvalue weighted by Crippen LogP contribution is -2.33. The summed E-state index contributed by atoms with van der Waals surface area (Å²) in [7, 11) is 0. The predicted octanol–water partition coefficient (Wildman–Crippen LogP) is 2.39. The van der Waals surface area contributed by atoms with E-state index in [1.807, 2.05) is 4.90 Å². The number of benzene rings is 1. The van der Waals surface area contributed by atoms with Gasteiger partial charge in [0.2, 0.25) is 0 Å². The first-order valence-electron chi connectivity index (χ1n) is 4.95. The summed E-state index contributed by atoms with van der Waals surface area (Å²) in [6.07, 6.45) is 0. The standard InChI is InChI=1S/C11H10F2N2S/c12-10-8(7-14)1-2-9(11(10)13)15-3-5-16-6-4-15/h1-2H,3-6H2. The number of thioether (sulfide) groups is 1. The first kappa shape index (κ1) is 11.2. The summed E-state index contributed by atoms with van der Waals surface area (Å²) in [5, 5.41) is 8.57. The Morgan fingerprint density at radius 2 is 1.88 bits per heavy atom. The van der Waals surface area contributed by atoms with E-state index in [9.17, 15) is 8.78 Å². The smallest absolute Gasteiger partial charge is 0.183 e. The fourth-order valence-electron chi connectivity index (χ4n) is 1.67. The van der Waals surface area contributed by atoms with Crippen LogP contribution in [-0.4, -0.2) is 24.6 Å². The fourth-order valence-corrected chi connectivity index (χ4v) is 2.58. The zero-order valence-electron chi connectivity index (χ0n) is 8.54. The quantitative estimate of drug-likeness (QED) is 0.754. The summed E-state index contributed by atoms with van der Waals surface area (Å²) < 4.78 is 27.0. The average molecular weight is 240 g/mol. The van der Waals surface area contributed by atoms with Crippen LogP contribution in [0.5, 0.6) is 0 Å². The number of rotatable bonds is 1. The highest BCUT2D eigenvalue weighted by molar-refractivity contribution is 7.99. The average Bonchev–Trinajstić information content (AvgIpc) is 2.34. The van der Waals surface area contributed by atoms with Gasteiger partial charge in [0.1, 0.15) is 6.07 Å². The van der Waals surface area contributed by atoms with E-state index in [0.29, 0.717) is 13.1 Å². The van der Waals surface area contributed by atoms with E-state index < -0.39 is 11.6 Å². The van der Waals surface area contributed by atoms with E-state index in [2.05, 4.69) is 0 Å². The molecule has 2 nitrogen and oxygen atoms in total. The van der Waals surface area contributed by atoms with Gasteiger partial charge in [0.05, 0.1) is 11.3 Å². The topological polar surface area (TPSA) is 27.0 Å². The van der Waals surface area contributed by atoms with Crippen LogP contribution in [-0.2, 0) is 0 Å². The van der Waals surface area contributed by atoms with Crippen LogP contribution in [0.25, 0.3) is 0 Å². The minimum absolute atomic E-state index is 0.243. The molecular weight excluding hydrogens is 230 g/mol. The molecule has 1 heterocycles. The van der Waals surface area contributed by atoms with E-state index >= 15 is 0 Å². The van der Waals surface area contributed by atoms with Crippen LogP contribution in [0.2, 0.25) is 0 Å². The maximum atomic E-state index is 13.7. The van der Waals surface area contributed by atoms with Crippen LogP contribution in [0, 0.1) is 23.0 Å². The van der Waals surface area contributed by atoms with Crippen molar-refractivity contribution >= 4 is 17.4 Å². The Labute approximate surface area is 96.9 Å². The Balaban J connectivity index is 2.35. The van der Waals surface area contributed by atoms with Crippen molar-refractivity contribution in [2.75, 3.05) is 29.5 Å². The zero-order valence-corrected chi connectivity index (χ0v) is 9.36. The molecule has 0 unspecified atom stereocenters. The van der Waals surface area contributed by atoms with Gasteiger partial charge in [-0.1, -0.05) is 0 Å². The van der Waals surface area contributed by atoms with Crippen molar-refractivity contribution in [3.8, 4) is 6.07 Å². The maximum Gasteiger partial charge on any atom is 0.183 e. The van der Waals surface area contributed by atoms with Crippen LogP contribution < -0.4 is 4.90 Å². The second-order valence-corrected chi connectivity index (χ2v) is 4.70. The molecule has 1 aliphatic heterocycles. The molecule has 0 N–H and O–H groups in total. The second-order valence-electron chi connectivity index (χ2n) is 3.47. The Kier molecular flexibility index (Phi) is 3.30. The third kappa shape index (κ3) is 1.98. The van der Waals surface area contributed by atoms with Gasteiger partial charge in [0.25, 0.3) is 0 Å². The molecule has 1 fully saturated rings. The zero-order chi connectivity index (χ0) is 11.5. The summed E-state index contributed by atoms with van der Waals surface area (Å²) in [5.74, 6) is -0.119. The van der Waals surface area contributed by atoms with Gasteiger partial charge in [0.15, 0.2) is 11.6 Å². The molecule has 0 spiro atoms. The van der Waals surface area contributed by atoms with E-state index in [1.165, 1.54) is 12.1 Å². The Morgan fingerprint density at radius 1 is 1.19 bits per heavy atom. The second kappa shape index (κ2) is 4.71. The van der Waals surface area contributed by atoms with Crippen LogP contribution in [0.4, 0.5) is 14.5 Å². The van der Waals surface area contributed by atoms with Crippen molar-refractivity contribution in [2.45, 2.75) is 0 Å². The number of nitriles is 1. The lowest BCUT2D eigenvalue weighted by Gasteiger charge is -2.28. The first-order chi connectivity index (χ1) is 7.74. The third-order valence-electron chi connectivity index (χ3n) is 2.53. The van der Waals surface area contributed by atoms with Gasteiger partial charge < -0.3 is 4.90 Å². The molecule has 0 aliphatic carbocycles. The molecule has 1 saturated heterocycles. The normalized spacial score (nSPS) is 15.9. The largest absolute Gasteiger partial charge is 0.367 e. The van der Waals surface area contributed by atoms with Crippen molar-refractivity contribution in [3.05, 3.63) is 29.3 Å². The van der Waals surface area contributed by atoms with Crippen molar-refractivity contribution in [3.63, 3.8) is 0 Å². The maximum absolute atomic E-state index is 13.7. The molecule has 0 bridgehead atoms. The van der Waals surface area contributed by atoms with E-state index in [-0.39, 0.29) is 11.3 Å². The van der Waals surface area contributed by atoms with Gasteiger partial charge in [-0.25, -0.2) is 8.78 Å². The third-order valence-corrected chi connectivity index (χ3v) is 3.48. The van der Waals surface area contributed by atoms with Crippen LogP contribution in [0.1, 0.15) is 5.56 Å². The number of hydrogen-bond acceptors (Lipinski definition) is 3. The summed E-state index contributed by atoms with van der Waals surface area (Å²) in [6, 6.07) is 4.44. The van der Waals surface area contributed by atoms with Crippen molar-refractivity contribution < 1.29 is 8.78 Å². The molecule has 2 rings (SSSR count). The Morgan fingerprint density at radius 3 is 2.50 bits per heavy atom. The van der Waals surface area contributed by atoms with Crippen LogP contribution in [0.3, 0.4) is 0 Å². The highest BCUT2D eigenvalue weighted by atomic mass is 32.2. The summed E-state index contributed by atoms with van der Waals surface area (Å²) in [6.45, 7) is 1.43. The Hall–Kier alpha value is -1.28. The minimum atomic E-state index is -1.04. The van der Waals surface area contributed by atoms with Gasteiger partial charge in [-0.3, -0.25) is 0 Å². The summed E-state index contributed by atoms with van der Waals surface area (Å²) in [4.78, 5) is 1.82. The monoisotopic (exact) mass is 240 g/mol. The van der Waals surface area contributed by atoms with Crippen molar-refractivity contribution in [2.24, 2.45) is 0 Å². The SMILES string of the molecule is N#Cc1ccc(N2CCSCC2)c(F)c1F. The molecule has 0 atom stereocenters. The van der Waals surface area contributed by atoms with Gasteiger partial charge in [-0.2, -0.15) is 17.0 Å². The highest BCUT2D eigenvalue weighted by Crippen LogP contribution is 2.26. The van der Waals surface area contributed by atoms with E-state index in [0.717, 1.165) is 11.5 Å². The van der Waals surface area contributed by atoms with Gasteiger partial charge in [0, 0.05) is 24.6 Å². The molecule has 1 aromatic rings. The molecule has 16 heavy (non-hydrogen) atoms. The lowest BCUT2D eigenvalue weighted by molar-refractivity contribution is 0.504. The molecule has 0 aromatic heterocycles. The van der Waals surface area contributed by atoms with Crippen LogP contribution in [0.15, 0.2) is 12.1 Å². The van der Waals surface area contributed by atoms with Gasteiger partial charge >= 0.3 is 0 Å². The molecule has 0 saturated carbocycles. The summed E-state index contributed by atoms with van der Waals surface area (Å²) in [5.41, 5.74) is 0.0180. The number of nitrogens with zero attached hydrogens (tertiary/aromatic N) is 2. The molecule has 0 amide bonds. The summed E-state index contributed by atoms with van der Waals surface area (Å²) >= 11 is 1.80. The van der Waals surface area contributed by atoms with E-state index in [1.54, 1.807) is 17.8 Å². The molecule has 84 valence electrons. The molecule has 5 heteroatoms. The Bertz CT molecular complexity index is 436. The van der Waals surface area contributed by atoms with Crippen LogP contribution >= 0.6 is 11.8 Å². The molecule has 0 radical (unpaired) electrons. The van der Waals surface area contributed by atoms with Crippen molar-refractivity contribution in [1.82, 2.24) is 0 Å². The molecule has 1 aliphatic rings. The molecule has 1 aromatic carbocycles. The molecular formula is C11H10F2N2S. The predicted molar refractivity (Wildman–Crippen MR) is 60.6 cm³/mol. The minimum Gasteiger partial charge on any atom is -0.367 e. The van der Waals surface area contributed by atoms with Crippen molar-refractivity contribution in [1.29, 1.82) is 5.26 Å². The first-order valence-corrected chi connectivity index (χ1v) is 6.10.